The number of aliphatic hydroxyl groups excluding tert-OH is 1. The van der Waals surface area contributed by atoms with E-state index in [2.05, 4.69) is 5.10 Å². The maximum absolute atomic E-state index is 13.2. The number of rotatable bonds is 4. The van der Waals surface area contributed by atoms with Crippen LogP contribution in [0.1, 0.15) is 34.8 Å². The lowest BCUT2D eigenvalue weighted by Crippen LogP contribution is -2.39. The Bertz CT molecular complexity index is 734. The highest BCUT2D eigenvalue weighted by Crippen LogP contribution is 2.28. The second-order valence-electron chi connectivity index (χ2n) is 5.94. The number of likely N-dealkylation sites (tertiary alicyclic amines) is 1. The second kappa shape index (κ2) is 7.32. The van der Waals surface area contributed by atoms with Gasteiger partial charge in [0, 0.05) is 25.2 Å². The molecule has 1 saturated heterocycles. The van der Waals surface area contributed by atoms with E-state index in [-0.39, 0.29) is 23.5 Å². The monoisotopic (exact) mass is 351 g/mol. The lowest BCUT2D eigenvalue weighted by Gasteiger charge is -2.32. The zero-order valence-electron chi connectivity index (χ0n) is 13.2. The summed E-state index contributed by atoms with van der Waals surface area (Å²) in [6.07, 6.45) is 3.67. The largest absolute Gasteiger partial charge is 0.394 e. The minimum atomic E-state index is -0.456. The molecule has 1 aromatic carbocycles. The predicted octanol–water partition coefficient (Wildman–Crippen LogP) is 2.69. The molecule has 5 nitrogen and oxygen atoms in total. The molecule has 128 valence electrons. The van der Waals surface area contributed by atoms with E-state index in [9.17, 15) is 9.18 Å². The van der Waals surface area contributed by atoms with Crippen molar-refractivity contribution in [1.82, 2.24) is 14.7 Å². The number of carbonyl (C=O) groups excluding carboxylic acids is 1. The van der Waals surface area contributed by atoms with E-state index in [0.717, 1.165) is 24.6 Å². The number of carbonyl (C=O) groups is 1. The smallest absolute Gasteiger partial charge is 0.255 e. The van der Waals surface area contributed by atoms with Crippen molar-refractivity contribution in [2.24, 2.45) is 0 Å². The average molecular weight is 352 g/mol. The minimum absolute atomic E-state index is 0.0411. The number of halogens is 2. The van der Waals surface area contributed by atoms with Crippen molar-refractivity contribution in [3.63, 3.8) is 0 Å². The van der Waals surface area contributed by atoms with E-state index in [1.54, 1.807) is 9.58 Å². The number of nitrogens with zero attached hydrogens (tertiary/aromatic N) is 3. The topological polar surface area (TPSA) is 58.4 Å². The van der Waals surface area contributed by atoms with E-state index in [1.807, 2.05) is 12.3 Å². The molecule has 0 unspecified atom stereocenters. The summed E-state index contributed by atoms with van der Waals surface area (Å²) in [7, 11) is 0. The molecule has 0 bridgehead atoms. The van der Waals surface area contributed by atoms with Crippen molar-refractivity contribution in [3.05, 3.63) is 52.6 Å². The maximum atomic E-state index is 13.2. The van der Waals surface area contributed by atoms with Crippen LogP contribution in [0.4, 0.5) is 4.39 Å². The summed E-state index contributed by atoms with van der Waals surface area (Å²) in [6, 6.07) is 5.77. The van der Waals surface area contributed by atoms with E-state index in [4.69, 9.17) is 16.7 Å². The number of amides is 1. The van der Waals surface area contributed by atoms with Crippen molar-refractivity contribution in [2.45, 2.75) is 25.3 Å². The molecule has 2 heterocycles. The predicted molar refractivity (Wildman–Crippen MR) is 88.6 cm³/mol. The molecule has 1 amide bonds. The molecule has 7 heteroatoms. The van der Waals surface area contributed by atoms with Gasteiger partial charge in [0.2, 0.25) is 0 Å². The number of hydrogen-bond acceptors (Lipinski definition) is 3. The van der Waals surface area contributed by atoms with E-state index in [0.29, 0.717) is 25.2 Å². The van der Waals surface area contributed by atoms with Gasteiger partial charge in [-0.1, -0.05) is 11.6 Å². The third-order valence-corrected chi connectivity index (χ3v) is 4.59. The lowest BCUT2D eigenvalue weighted by molar-refractivity contribution is 0.0706. The fraction of sp³-hybridized carbons (Fsp3) is 0.412. The Balaban J connectivity index is 1.73. The first kappa shape index (κ1) is 16.9. The van der Waals surface area contributed by atoms with Crippen LogP contribution in [0.5, 0.6) is 0 Å². The molecule has 1 aliphatic rings. The fourth-order valence-electron chi connectivity index (χ4n) is 3.06. The summed E-state index contributed by atoms with van der Waals surface area (Å²) in [5, 5.41) is 13.6. The SMILES string of the molecule is O=C(c1ccc(F)cc1Cl)N1CCC[C@@H](c2ccn(CCO)n2)C1. The molecule has 1 aromatic heterocycles. The molecule has 0 aliphatic carbocycles. The van der Waals surface area contributed by atoms with Gasteiger partial charge in [0.1, 0.15) is 5.82 Å². The first-order chi connectivity index (χ1) is 11.6. The Hall–Kier alpha value is -1.92. The Morgan fingerprint density at radius 1 is 1.42 bits per heavy atom. The molecule has 0 spiro atoms. The second-order valence-corrected chi connectivity index (χ2v) is 6.35. The normalized spacial score (nSPS) is 18.0. The molecule has 0 saturated carbocycles. The van der Waals surface area contributed by atoms with Gasteiger partial charge < -0.3 is 10.0 Å². The number of aromatic nitrogens is 2. The van der Waals surface area contributed by atoms with Crippen LogP contribution in [0, 0.1) is 5.82 Å². The molecule has 24 heavy (non-hydrogen) atoms. The molecule has 0 radical (unpaired) electrons. The van der Waals surface area contributed by atoms with Crippen LogP contribution >= 0.6 is 11.6 Å². The van der Waals surface area contributed by atoms with Crippen LogP contribution < -0.4 is 0 Å². The first-order valence-electron chi connectivity index (χ1n) is 7.97. The Morgan fingerprint density at radius 3 is 3.00 bits per heavy atom. The fourth-order valence-corrected chi connectivity index (χ4v) is 3.31. The first-order valence-corrected chi connectivity index (χ1v) is 8.35. The van der Waals surface area contributed by atoms with Gasteiger partial charge >= 0.3 is 0 Å². The molecular weight excluding hydrogens is 333 g/mol. The summed E-state index contributed by atoms with van der Waals surface area (Å²) >= 11 is 6.01. The highest BCUT2D eigenvalue weighted by molar-refractivity contribution is 6.33. The van der Waals surface area contributed by atoms with E-state index >= 15 is 0 Å². The van der Waals surface area contributed by atoms with Crippen LogP contribution in [0.3, 0.4) is 0 Å². The van der Waals surface area contributed by atoms with Crippen molar-refractivity contribution < 1.29 is 14.3 Å². The summed E-state index contributed by atoms with van der Waals surface area (Å²) < 4.78 is 14.9. The van der Waals surface area contributed by atoms with Gasteiger partial charge in [-0.3, -0.25) is 9.48 Å². The van der Waals surface area contributed by atoms with Crippen LogP contribution in [-0.4, -0.2) is 45.4 Å². The van der Waals surface area contributed by atoms with Crippen LogP contribution in [-0.2, 0) is 6.54 Å². The van der Waals surface area contributed by atoms with E-state index in [1.165, 1.54) is 12.1 Å². The molecule has 1 N–H and O–H groups in total. The summed E-state index contributed by atoms with van der Waals surface area (Å²) in [5.41, 5.74) is 1.25. The Labute approximate surface area is 144 Å². The highest BCUT2D eigenvalue weighted by atomic mass is 35.5. The lowest BCUT2D eigenvalue weighted by atomic mass is 9.94. The average Bonchev–Trinajstić information content (AvgIpc) is 3.03. The summed E-state index contributed by atoms with van der Waals surface area (Å²) in [4.78, 5) is 14.4. The Morgan fingerprint density at radius 2 is 2.25 bits per heavy atom. The highest BCUT2D eigenvalue weighted by Gasteiger charge is 2.27. The van der Waals surface area contributed by atoms with Crippen molar-refractivity contribution >= 4 is 17.5 Å². The zero-order chi connectivity index (χ0) is 17.1. The molecule has 1 aliphatic heterocycles. The number of benzene rings is 1. The van der Waals surface area contributed by atoms with Crippen LogP contribution in [0.2, 0.25) is 5.02 Å². The van der Waals surface area contributed by atoms with Crippen molar-refractivity contribution in [1.29, 1.82) is 0 Å². The third kappa shape index (κ3) is 3.60. The van der Waals surface area contributed by atoms with Gasteiger partial charge in [0.25, 0.3) is 5.91 Å². The van der Waals surface area contributed by atoms with Crippen LogP contribution in [0.15, 0.2) is 30.5 Å². The van der Waals surface area contributed by atoms with E-state index < -0.39 is 5.82 Å². The molecule has 1 fully saturated rings. The molecule has 2 aromatic rings. The summed E-state index contributed by atoms with van der Waals surface area (Å²) in [6.45, 7) is 1.71. The molecular formula is C17H19ClFN3O2. The van der Waals surface area contributed by atoms with Crippen molar-refractivity contribution in [3.8, 4) is 0 Å². The standard InChI is InChI=1S/C17H19ClFN3O2/c18-15-10-13(19)3-4-14(15)17(24)21-6-1-2-12(11-21)16-5-7-22(20-16)8-9-23/h3-5,7,10,12,23H,1-2,6,8-9,11H2/t12-/m1/s1. The van der Waals surface area contributed by atoms with Gasteiger partial charge in [-0.05, 0) is 37.1 Å². The van der Waals surface area contributed by atoms with Gasteiger partial charge in [0.05, 0.1) is 29.4 Å². The van der Waals surface area contributed by atoms with Crippen LogP contribution in [0.25, 0.3) is 0 Å². The molecule has 1 atom stereocenters. The Kier molecular flexibility index (Phi) is 5.16. The number of hydrogen-bond donors (Lipinski definition) is 1. The summed E-state index contributed by atoms with van der Waals surface area (Å²) in [5.74, 6) is -0.483. The van der Waals surface area contributed by atoms with Gasteiger partial charge in [-0.2, -0.15) is 5.10 Å². The van der Waals surface area contributed by atoms with Gasteiger partial charge in [-0.25, -0.2) is 4.39 Å². The number of piperidine rings is 1. The third-order valence-electron chi connectivity index (χ3n) is 4.28. The zero-order valence-corrected chi connectivity index (χ0v) is 13.9. The quantitative estimate of drug-likeness (QED) is 0.921. The molecule has 3 rings (SSSR count). The van der Waals surface area contributed by atoms with Gasteiger partial charge in [0.15, 0.2) is 0 Å². The van der Waals surface area contributed by atoms with Crippen molar-refractivity contribution in [2.75, 3.05) is 19.7 Å². The van der Waals surface area contributed by atoms with Gasteiger partial charge in [-0.15, -0.1) is 0 Å². The minimum Gasteiger partial charge on any atom is -0.394 e. The number of aliphatic hydroxyl groups is 1. The maximum Gasteiger partial charge on any atom is 0.255 e.